The zero-order valence-corrected chi connectivity index (χ0v) is 11.6. The van der Waals surface area contributed by atoms with Crippen molar-refractivity contribution in [1.82, 2.24) is 4.98 Å². The topological polar surface area (TPSA) is 48.4 Å². The van der Waals surface area contributed by atoms with Crippen LogP contribution in [-0.2, 0) is 0 Å². The third kappa shape index (κ3) is 4.21. The average molecular weight is 311 g/mol. The van der Waals surface area contributed by atoms with E-state index in [1.165, 1.54) is 31.5 Å². The smallest absolute Gasteiger partial charge is 0.422 e. The van der Waals surface area contributed by atoms with Gasteiger partial charge in [-0.15, -0.1) is 0 Å². The summed E-state index contributed by atoms with van der Waals surface area (Å²) in [5.41, 5.74) is 1.36. The Labute approximate surface area is 124 Å². The molecule has 7 heteroatoms. The second-order valence-electron chi connectivity index (χ2n) is 4.40. The molecule has 116 valence electrons. The van der Waals surface area contributed by atoms with Crippen molar-refractivity contribution in [2.75, 3.05) is 13.7 Å². The van der Waals surface area contributed by atoms with Crippen LogP contribution < -0.4 is 9.47 Å². The van der Waals surface area contributed by atoms with Crippen LogP contribution in [0.25, 0.3) is 11.1 Å². The highest BCUT2D eigenvalue weighted by Crippen LogP contribution is 2.27. The molecule has 0 fully saturated rings. The molecule has 0 bridgehead atoms. The standard InChI is InChI=1S/C15H12F3NO3/c1-21-14-3-2-11(7-19-14)12-4-10(8-20)5-13(6-12)22-9-15(16,17)18/h2-8H,9H2,1H3. The van der Waals surface area contributed by atoms with Crippen molar-refractivity contribution < 1.29 is 27.4 Å². The molecule has 0 amide bonds. The number of methoxy groups -OCH3 is 1. The highest BCUT2D eigenvalue weighted by atomic mass is 19.4. The molecule has 0 saturated carbocycles. The van der Waals surface area contributed by atoms with Gasteiger partial charge in [0.15, 0.2) is 6.61 Å². The van der Waals surface area contributed by atoms with Gasteiger partial charge >= 0.3 is 6.18 Å². The average Bonchev–Trinajstić information content (AvgIpc) is 2.52. The Balaban J connectivity index is 2.31. The quantitative estimate of drug-likeness (QED) is 0.793. The molecule has 22 heavy (non-hydrogen) atoms. The Morgan fingerprint density at radius 1 is 1.18 bits per heavy atom. The third-order valence-corrected chi connectivity index (χ3v) is 2.75. The second kappa shape index (κ2) is 6.46. The number of halogens is 3. The van der Waals surface area contributed by atoms with Gasteiger partial charge in [0.05, 0.1) is 7.11 Å². The summed E-state index contributed by atoms with van der Waals surface area (Å²) < 4.78 is 46.3. The minimum atomic E-state index is -4.45. The Kier molecular flexibility index (Phi) is 4.65. The first kappa shape index (κ1) is 15.8. The molecular weight excluding hydrogens is 299 g/mol. The summed E-state index contributed by atoms with van der Waals surface area (Å²) >= 11 is 0. The van der Waals surface area contributed by atoms with Gasteiger partial charge in [-0.05, 0) is 29.8 Å². The summed E-state index contributed by atoms with van der Waals surface area (Å²) in [5, 5.41) is 0. The zero-order valence-electron chi connectivity index (χ0n) is 11.6. The van der Waals surface area contributed by atoms with Gasteiger partial charge in [0.25, 0.3) is 0 Å². The summed E-state index contributed by atoms with van der Waals surface area (Å²) in [6.07, 6.45) is -2.41. The minimum absolute atomic E-state index is 0.0345. The van der Waals surface area contributed by atoms with Crippen LogP contribution in [0.4, 0.5) is 13.2 Å². The van der Waals surface area contributed by atoms with Crippen LogP contribution in [0.1, 0.15) is 10.4 Å². The molecule has 0 radical (unpaired) electrons. The normalized spacial score (nSPS) is 11.1. The van der Waals surface area contributed by atoms with E-state index in [4.69, 9.17) is 9.47 Å². The fourth-order valence-electron chi connectivity index (χ4n) is 1.78. The lowest BCUT2D eigenvalue weighted by molar-refractivity contribution is -0.153. The molecule has 0 aliphatic rings. The van der Waals surface area contributed by atoms with Crippen LogP contribution in [0.15, 0.2) is 36.5 Å². The van der Waals surface area contributed by atoms with Crippen molar-refractivity contribution in [3.63, 3.8) is 0 Å². The van der Waals surface area contributed by atoms with E-state index in [0.29, 0.717) is 23.3 Å². The number of ether oxygens (including phenoxy) is 2. The van der Waals surface area contributed by atoms with Crippen LogP contribution in [0.3, 0.4) is 0 Å². The molecule has 0 aliphatic heterocycles. The Bertz CT molecular complexity index is 654. The van der Waals surface area contributed by atoms with Gasteiger partial charge in [-0.25, -0.2) is 4.98 Å². The molecular formula is C15H12F3NO3. The highest BCUT2D eigenvalue weighted by molar-refractivity contribution is 5.80. The fraction of sp³-hybridized carbons (Fsp3) is 0.200. The lowest BCUT2D eigenvalue weighted by Gasteiger charge is -2.11. The summed E-state index contributed by atoms with van der Waals surface area (Å²) in [6.45, 7) is -1.42. The van der Waals surface area contributed by atoms with Crippen LogP contribution in [0, 0.1) is 0 Å². The summed E-state index contributed by atoms with van der Waals surface area (Å²) in [6, 6.07) is 7.50. The van der Waals surface area contributed by atoms with E-state index in [-0.39, 0.29) is 11.3 Å². The first-order valence-electron chi connectivity index (χ1n) is 6.21. The number of hydrogen-bond acceptors (Lipinski definition) is 4. The molecule has 4 nitrogen and oxygen atoms in total. The molecule has 1 heterocycles. The molecule has 0 N–H and O–H groups in total. The Hall–Kier alpha value is -2.57. The van der Waals surface area contributed by atoms with Crippen molar-refractivity contribution >= 4 is 6.29 Å². The van der Waals surface area contributed by atoms with Gasteiger partial charge in [0.1, 0.15) is 12.0 Å². The van der Waals surface area contributed by atoms with Gasteiger partial charge in [-0.1, -0.05) is 0 Å². The van der Waals surface area contributed by atoms with Crippen molar-refractivity contribution in [2.45, 2.75) is 6.18 Å². The second-order valence-corrected chi connectivity index (χ2v) is 4.40. The number of alkyl halides is 3. The molecule has 1 aromatic carbocycles. The number of aldehydes is 1. The molecule has 2 rings (SSSR count). The molecule has 0 saturated heterocycles. The number of aromatic nitrogens is 1. The van der Waals surface area contributed by atoms with Gasteiger partial charge in [-0.2, -0.15) is 13.2 Å². The van der Waals surface area contributed by atoms with Crippen molar-refractivity contribution in [1.29, 1.82) is 0 Å². The maximum atomic E-state index is 12.2. The lowest BCUT2D eigenvalue weighted by Crippen LogP contribution is -2.19. The summed E-state index contributed by atoms with van der Waals surface area (Å²) in [7, 11) is 1.47. The van der Waals surface area contributed by atoms with Crippen molar-refractivity contribution in [3.05, 3.63) is 42.1 Å². The number of rotatable bonds is 5. The van der Waals surface area contributed by atoms with Crippen LogP contribution in [0.5, 0.6) is 11.6 Å². The minimum Gasteiger partial charge on any atom is -0.484 e. The van der Waals surface area contributed by atoms with Crippen molar-refractivity contribution in [2.24, 2.45) is 0 Å². The molecule has 2 aromatic rings. The SMILES string of the molecule is COc1ccc(-c2cc(C=O)cc(OCC(F)(F)F)c2)cn1. The predicted molar refractivity (Wildman–Crippen MR) is 73.2 cm³/mol. The van der Waals surface area contributed by atoms with E-state index in [1.54, 1.807) is 12.1 Å². The molecule has 0 spiro atoms. The lowest BCUT2D eigenvalue weighted by atomic mass is 10.0. The molecule has 0 unspecified atom stereocenters. The van der Waals surface area contributed by atoms with E-state index in [0.717, 1.165) is 0 Å². The van der Waals surface area contributed by atoms with Crippen LogP contribution in [0.2, 0.25) is 0 Å². The van der Waals surface area contributed by atoms with Gasteiger partial charge in [0, 0.05) is 23.4 Å². The maximum absolute atomic E-state index is 12.2. The first-order valence-corrected chi connectivity index (χ1v) is 6.21. The predicted octanol–water partition coefficient (Wildman–Crippen LogP) is 3.51. The highest BCUT2D eigenvalue weighted by Gasteiger charge is 2.28. The maximum Gasteiger partial charge on any atom is 0.422 e. The number of nitrogens with zero attached hydrogens (tertiary/aromatic N) is 1. The van der Waals surface area contributed by atoms with Crippen LogP contribution >= 0.6 is 0 Å². The first-order chi connectivity index (χ1) is 10.4. The van der Waals surface area contributed by atoms with Gasteiger partial charge < -0.3 is 9.47 Å². The number of carbonyl (C=O) groups excluding carboxylic acids is 1. The van der Waals surface area contributed by atoms with Crippen molar-refractivity contribution in [3.8, 4) is 22.8 Å². The molecule has 1 aromatic heterocycles. The Morgan fingerprint density at radius 2 is 1.95 bits per heavy atom. The number of hydrogen-bond donors (Lipinski definition) is 0. The van der Waals surface area contributed by atoms with E-state index >= 15 is 0 Å². The molecule has 0 atom stereocenters. The largest absolute Gasteiger partial charge is 0.484 e. The van der Waals surface area contributed by atoms with E-state index < -0.39 is 12.8 Å². The van der Waals surface area contributed by atoms with Gasteiger partial charge in [0.2, 0.25) is 5.88 Å². The number of carbonyl (C=O) groups is 1. The summed E-state index contributed by atoms with van der Waals surface area (Å²) in [5.74, 6) is 0.372. The Morgan fingerprint density at radius 3 is 2.50 bits per heavy atom. The number of pyridine rings is 1. The molecule has 0 aliphatic carbocycles. The fourth-order valence-corrected chi connectivity index (χ4v) is 1.78. The third-order valence-electron chi connectivity index (χ3n) is 2.75. The van der Waals surface area contributed by atoms with E-state index in [1.807, 2.05) is 0 Å². The zero-order chi connectivity index (χ0) is 16.2. The monoisotopic (exact) mass is 311 g/mol. The van der Waals surface area contributed by atoms with E-state index in [2.05, 4.69) is 4.98 Å². The van der Waals surface area contributed by atoms with E-state index in [9.17, 15) is 18.0 Å². The summed E-state index contributed by atoms with van der Waals surface area (Å²) in [4.78, 5) is 14.9. The van der Waals surface area contributed by atoms with Gasteiger partial charge in [-0.3, -0.25) is 4.79 Å². The van der Waals surface area contributed by atoms with Crippen LogP contribution in [-0.4, -0.2) is 31.2 Å². The number of benzene rings is 1.